The second-order valence-electron chi connectivity index (χ2n) is 5.36. The average Bonchev–Trinajstić information content (AvgIpc) is 2.76. The Kier molecular flexibility index (Phi) is 3.06. The molecule has 0 radical (unpaired) electrons. The van der Waals surface area contributed by atoms with Gasteiger partial charge in [0.25, 0.3) is 0 Å². The highest BCUT2D eigenvalue weighted by Gasteiger charge is 2.14. The molecule has 1 heterocycles. The second-order valence-corrected chi connectivity index (χ2v) is 5.36. The summed E-state index contributed by atoms with van der Waals surface area (Å²) in [5, 5.41) is 5.52. The van der Waals surface area contributed by atoms with E-state index in [1.807, 2.05) is 0 Å². The molecule has 98 valence electrons. The van der Waals surface area contributed by atoms with E-state index in [9.17, 15) is 0 Å². The Hall–Kier alpha value is -1.76. The van der Waals surface area contributed by atoms with E-state index in [0.29, 0.717) is 6.04 Å². The van der Waals surface area contributed by atoms with E-state index in [0.717, 1.165) is 0 Å². The quantitative estimate of drug-likeness (QED) is 0.637. The van der Waals surface area contributed by atoms with E-state index in [4.69, 9.17) is 0 Å². The smallest absolute Gasteiger partial charge is 0.0499 e. The third kappa shape index (κ3) is 1.76. The molecule has 2 aromatic carbocycles. The fraction of sp³-hybridized carbons (Fsp3) is 0.333. The van der Waals surface area contributed by atoms with E-state index >= 15 is 0 Å². The zero-order chi connectivity index (χ0) is 13.4. The first-order chi connectivity index (χ1) is 9.27. The Morgan fingerprint density at radius 3 is 2.58 bits per heavy atom. The molecule has 0 spiro atoms. The van der Waals surface area contributed by atoms with Crippen LogP contribution in [0.4, 0.5) is 0 Å². The lowest BCUT2D eigenvalue weighted by Crippen LogP contribution is -2.19. The van der Waals surface area contributed by atoms with Gasteiger partial charge in [0.05, 0.1) is 0 Å². The van der Waals surface area contributed by atoms with Crippen LogP contribution in [0.2, 0.25) is 0 Å². The molecule has 0 saturated carbocycles. The molecule has 0 fully saturated rings. The fourth-order valence-electron chi connectivity index (χ4n) is 3.31. The minimum Gasteiger partial charge on any atom is -0.338 e. The summed E-state index contributed by atoms with van der Waals surface area (Å²) in [6, 6.07) is 13.8. The summed E-state index contributed by atoms with van der Waals surface area (Å²) in [7, 11) is 0. The first kappa shape index (κ1) is 12.3. The Morgan fingerprint density at radius 2 is 1.89 bits per heavy atom. The maximum Gasteiger partial charge on any atom is 0.0499 e. The summed E-state index contributed by atoms with van der Waals surface area (Å²) in [6.45, 7) is 6.74. The minimum atomic E-state index is 0.550. The lowest BCUT2D eigenvalue weighted by molar-refractivity contribution is 0.507. The van der Waals surface area contributed by atoms with Crippen LogP contribution in [0.25, 0.3) is 27.8 Å². The van der Waals surface area contributed by atoms with Gasteiger partial charge in [-0.3, -0.25) is 0 Å². The van der Waals surface area contributed by atoms with Gasteiger partial charge < -0.3 is 4.57 Å². The number of benzene rings is 2. The SMILES string of the molecule is C/C=c1\c2cccc3cccc(c32)n1C(C)CCC. The largest absolute Gasteiger partial charge is 0.338 e. The van der Waals surface area contributed by atoms with Crippen LogP contribution in [0.3, 0.4) is 0 Å². The van der Waals surface area contributed by atoms with Crippen molar-refractivity contribution < 1.29 is 0 Å². The molecule has 0 aliphatic heterocycles. The van der Waals surface area contributed by atoms with Crippen molar-refractivity contribution in [1.82, 2.24) is 4.57 Å². The van der Waals surface area contributed by atoms with E-state index in [-0.39, 0.29) is 0 Å². The lowest BCUT2D eigenvalue weighted by atomic mass is 10.1. The van der Waals surface area contributed by atoms with E-state index in [1.165, 1.54) is 39.9 Å². The van der Waals surface area contributed by atoms with Crippen molar-refractivity contribution in [2.24, 2.45) is 0 Å². The maximum atomic E-state index is 2.52. The van der Waals surface area contributed by atoms with E-state index < -0.39 is 0 Å². The molecule has 19 heavy (non-hydrogen) atoms. The van der Waals surface area contributed by atoms with Gasteiger partial charge in [-0.2, -0.15) is 0 Å². The maximum absolute atomic E-state index is 2.52. The van der Waals surface area contributed by atoms with Gasteiger partial charge in [0, 0.05) is 27.7 Å². The van der Waals surface area contributed by atoms with Crippen molar-refractivity contribution in [2.75, 3.05) is 0 Å². The predicted octanol–water partition coefficient (Wildman–Crippen LogP) is 4.67. The van der Waals surface area contributed by atoms with E-state index in [2.05, 4.69) is 67.8 Å². The zero-order valence-corrected chi connectivity index (χ0v) is 12.0. The van der Waals surface area contributed by atoms with Crippen LogP contribution in [0.1, 0.15) is 39.7 Å². The highest BCUT2D eigenvalue weighted by Crippen LogP contribution is 2.28. The van der Waals surface area contributed by atoms with Gasteiger partial charge in [0.2, 0.25) is 0 Å². The number of hydrogen-bond acceptors (Lipinski definition) is 0. The standard InChI is InChI=1S/C18H21N/c1-4-8-13(3)19-16(5-2)15-11-6-9-14-10-7-12-17(19)18(14)15/h5-7,9-13H,4,8H2,1-3H3/b16-5+. The second kappa shape index (κ2) is 4.73. The predicted molar refractivity (Wildman–Crippen MR) is 84.4 cm³/mol. The third-order valence-corrected chi connectivity index (χ3v) is 4.10. The van der Waals surface area contributed by atoms with Crippen LogP contribution in [0, 0.1) is 0 Å². The highest BCUT2D eigenvalue weighted by atomic mass is 15.0. The van der Waals surface area contributed by atoms with Crippen LogP contribution in [0.15, 0.2) is 36.4 Å². The summed E-state index contributed by atoms with van der Waals surface area (Å²) < 4.78 is 2.52. The van der Waals surface area contributed by atoms with Crippen LogP contribution in [-0.4, -0.2) is 4.57 Å². The summed E-state index contributed by atoms with van der Waals surface area (Å²) in [6.07, 6.45) is 4.70. The summed E-state index contributed by atoms with van der Waals surface area (Å²) in [5.41, 5.74) is 1.38. The van der Waals surface area contributed by atoms with Crippen molar-refractivity contribution in [3.8, 4) is 0 Å². The molecule has 1 aromatic heterocycles. The van der Waals surface area contributed by atoms with Gasteiger partial charge in [0.1, 0.15) is 0 Å². The van der Waals surface area contributed by atoms with Gasteiger partial charge >= 0.3 is 0 Å². The first-order valence-electron chi connectivity index (χ1n) is 7.25. The van der Waals surface area contributed by atoms with E-state index in [1.54, 1.807) is 0 Å². The highest BCUT2D eigenvalue weighted by molar-refractivity contribution is 6.10. The van der Waals surface area contributed by atoms with Crippen molar-refractivity contribution in [3.05, 3.63) is 41.7 Å². The number of rotatable bonds is 3. The molecule has 0 amide bonds. The Bertz CT molecular complexity index is 759. The Balaban J connectivity index is 2.47. The summed E-state index contributed by atoms with van der Waals surface area (Å²) >= 11 is 0. The van der Waals surface area contributed by atoms with Crippen molar-refractivity contribution in [2.45, 2.75) is 39.7 Å². The monoisotopic (exact) mass is 251 g/mol. The molecule has 3 rings (SSSR count). The van der Waals surface area contributed by atoms with Gasteiger partial charge in [0.15, 0.2) is 0 Å². The number of hydrogen-bond donors (Lipinski definition) is 0. The molecule has 0 aliphatic rings. The van der Waals surface area contributed by atoms with Crippen molar-refractivity contribution in [1.29, 1.82) is 0 Å². The normalized spacial score (nSPS) is 14.6. The summed E-state index contributed by atoms with van der Waals surface area (Å²) in [5.74, 6) is 0. The third-order valence-electron chi connectivity index (χ3n) is 4.10. The Morgan fingerprint density at radius 1 is 1.16 bits per heavy atom. The fourth-order valence-corrected chi connectivity index (χ4v) is 3.31. The van der Waals surface area contributed by atoms with Gasteiger partial charge in [-0.1, -0.05) is 49.8 Å². The van der Waals surface area contributed by atoms with Crippen LogP contribution >= 0.6 is 0 Å². The van der Waals surface area contributed by atoms with Crippen molar-refractivity contribution >= 4 is 27.8 Å². The molecule has 0 N–H and O–H groups in total. The molecular weight excluding hydrogens is 230 g/mol. The van der Waals surface area contributed by atoms with Crippen LogP contribution in [0.5, 0.6) is 0 Å². The van der Waals surface area contributed by atoms with Gasteiger partial charge in [-0.05, 0) is 31.7 Å². The average molecular weight is 251 g/mol. The molecule has 1 nitrogen and oxygen atoms in total. The molecule has 0 bridgehead atoms. The van der Waals surface area contributed by atoms with Crippen LogP contribution in [-0.2, 0) is 0 Å². The molecule has 1 atom stereocenters. The Labute approximate surface area is 114 Å². The molecule has 1 unspecified atom stereocenters. The minimum absolute atomic E-state index is 0.550. The first-order valence-corrected chi connectivity index (χ1v) is 7.25. The molecule has 1 heteroatoms. The topological polar surface area (TPSA) is 4.93 Å². The molecule has 0 aliphatic carbocycles. The number of aromatic nitrogens is 1. The molecule has 0 saturated heterocycles. The zero-order valence-electron chi connectivity index (χ0n) is 12.0. The van der Waals surface area contributed by atoms with Gasteiger partial charge in [-0.15, -0.1) is 0 Å². The van der Waals surface area contributed by atoms with Crippen LogP contribution < -0.4 is 5.35 Å². The molecular formula is C18H21N. The summed E-state index contributed by atoms with van der Waals surface area (Å²) in [4.78, 5) is 0. The number of nitrogens with zero attached hydrogens (tertiary/aromatic N) is 1. The van der Waals surface area contributed by atoms with Crippen molar-refractivity contribution in [3.63, 3.8) is 0 Å². The lowest BCUT2D eigenvalue weighted by Gasteiger charge is -2.15. The molecule has 3 aromatic rings. The van der Waals surface area contributed by atoms with Gasteiger partial charge in [-0.25, -0.2) is 0 Å².